The van der Waals surface area contributed by atoms with Crippen LogP contribution in [-0.4, -0.2) is 71.8 Å². The number of piperazine rings is 1. The second-order valence-electron chi connectivity index (χ2n) is 9.58. The number of hydrogen-bond acceptors (Lipinski definition) is 5. The Kier molecular flexibility index (Phi) is 6.99. The zero-order chi connectivity index (χ0) is 25.9. The van der Waals surface area contributed by atoms with Gasteiger partial charge in [-0.3, -0.25) is 14.4 Å². The van der Waals surface area contributed by atoms with Crippen molar-refractivity contribution in [2.24, 2.45) is 0 Å². The number of nitrogens with zero attached hydrogens (tertiary/aromatic N) is 3. The molecule has 0 radical (unpaired) electrons. The van der Waals surface area contributed by atoms with Crippen LogP contribution in [0.4, 0.5) is 0 Å². The van der Waals surface area contributed by atoms with E-state index in [1.165, 1.54) is 6.26 Å². The minimum atomic E-state index is -0.305. The Labute approximate surface area is 216 Å². The van der Waals surface area contributed by atoms with Crippen LogP contribution < -0.4 is 4.74 Å². The maximum atomic E-state index is 13.4. The van der Waals surface area contributed by atoms with Crippen molar-refractivity contribution in [2.45, 2.75) is 26.3 Å². The third-order valence-electron chi connectivity index (χ3n) is 7.14. The van der Waals surface area contributed by atoms with Crippen LogP contribution in [0.1, 0.15) is 45.8 Å². The summed E-state index contributed by atoms with van der Waals surface area (Å²) in [5.41, 5.74) is 4.25. The Hall–Kier alpha value is -4.07. The average molecular weight is 502 g/mol. The van der Waals surface area contributed by atoms with Crippen molar-refractivity contribution >= 4 is 17.7 Å². The molecule has 1 unspecified atom stereocenters. The highest BCUT2D eigenvalue weighted by Gasteiger charge is 2.34. The second kappa shape index (κ2) is 10.5. The third kappa shape index (κ3) is 5.23. The summed E-state index contributed by atoms with van der Waals surface area (Å²) in [5.74, 6) is 0.655. The topological polar surface area (TPSA) is 83.3 Å². The zero-order valence-electron chi connectivity index (χ0n) is 21.2. The molecule has 3 aromatic rings. The highest BCUT2D eigenvalue weighted by molar-refractivity contribution is 5.92. The molecule has 0 spiro atoms. The molecule has 0 N–H and O–H groups in total. The minimum absolute atomic E-state index is 0.0279. The summed E-state index contributed by atoms with van der Waals surface area (Å²) in [6.07, 6.45) is 2.22. The number of fused-ring (bicyclic) bond motifs is 1. The van der Waals surface area contributed by atoms with Gasteiger partial charge in [0.15, 0.2) is 12.4 Å². The van der Waals surface area contributed by atoms with Gasteiger partial charge in [-0.2, -0.15) is 0 Å². The molecule has 8 nitrogen and oxygen atoms in total. The average Bonchev–Trinajstić information content (AvgIpc) is 3.46. The van der Waals surface area contributed by atoms with Crippen LogP contribution in [0.2, 0.25) is 0 Å². The summed E-state index contributed by atoms with van der Waals surface area (Å²) in [7, 11) is 0. The predicted octanol–water partition coefficient (Wildman–Crippen LogP) is 3.45. The molecule has 2 aliphatic rings. The molecule has 8 heteroatoms. The number of aryl methyl sites for hydroxylation is 1. The summed E-state index contributed by atoms with van der Waals surface area (Å²) in [5, 5.41) is 0. The van der Waals surface area contributed by atoms with Gasteiger partial charge in [-0.25, -0.2) is 0 Å². The van der Waals surface area contributed by atoms with Crippen LogP contribution in [0.25, 0.3) is 0 Å². The van der Waals surface area contributed by atoms with E-state index in [9.17, 15) is 14.4 Å². The maximum absolute atomic E-state index is 13.4. The van der Waals surface area contributed by atoms with E-state index >= 15 is 0 Å². The second-order valence-corrected chi connectivity index (χ2v) is 9.58. The Morgan fingerprint density at radius 2 is 1.73 bits per heavy atom. The highest BCUT2D eigenvalue weighted by Crippen LogP contribution is 2.38. The van der Waals surface area contributed by atoms with Crippen LogP contribution in [0.3, 0.4) is 0 Å². The standard InChI is InChI=1S/C29H31N3O5/c1-20-5-3-6-23(17-20)28-25-18-24(37-19-27(34)31-14-12-30(13-15-31)21(2)33)9-8-22(25)10-11-32(28)29(35)26-7-4-16-36-26/h3-9,16-18,28H,10-15,19H2,1-2H3. The normalized spacial score (nSPS) is 17.4. The van der Waals surface area contributed by atoms with Gasteiger partial charge >= 0.3 is 0 Å². The van der Waals surface area contributed by atoms with E-state index in [4.69, 9.17) is 9.15 Å². The molecule has 1 fully saturated rings. The highest BCUT2D eigenvalue weighted by atomic mass is 16.5. The van der Waals surface area contributed by atoms with Crippen LogP contribution >= 0.6 is 0 Å². The number of ether oxygens (including phenoxy) is 1. The van der Waals surface area contributed by atoms with Crippen LogP contribution in [0, 0.1) is 6.92 Å². The van der Waals surface area contributed by atoms with Crippen molar-refractivity contribution in [1.29, 1.82) is 0 Å². The van der Waals surface area contributed by atoms with Crippen molar-refractivity contribution < 1.29 is 23.5 Å². The van der Waals surface area contributed by atoms with Gasteiger partial charge in [0.2, 0.25) is 5.91 Å². The van der Waals surface area contributed by atoms with Gasteiger partial charge in [0.25, 0.3) is 11.8 Å². The maximum Gasteiger partial charge on any atom is 0.290 e. The van der Waals surface area contributed by atoms with Crippen molar-refractivity contribution in [3.05, 3.63) is 88.9 Å². The van der Waals surface area contributed by atoms with E-state index in [0.29, 0.717) is 50.7 Å². The lowest BCUT2D eigenvalue weighted by Crippen LogP contribution is -2.51. The first-order valence-electron chi connectivity index (χ1n) is 12.6. The van der Waals surface area contributed by atoms with E-state index in [0.717, 1.165) is 22.3 Å². The van der Waals surface area contributed by atoms with Gasteiger partial charge < -0.3 is 23.9 Å². The lowest BCUT2D eigenvalue weighted by molar-refractivity contribution is -0.139. The lowest BCUT2D eigenvalue weighted by atomic mass is 9.87. The molecular weight excluding hydrogens is 470 g/mol. The molecule has 0 saturated carbocycles. The van der Waals surface area contributed by atoms with Gasteiger partial charge in [0.1, 0.15) is 5.75 Å². The largest absolute Gasteiger partial charge is 0.484 e. The first-order chi connectivity index (χ1) is 17.9. The fourth-order valence-corrected chi connectivity index (χ4v) is 5.15. The zero-order valence-corrected chi connectivity index (χ0v) is 21.2. The number of carbonyl (C=O) groups excluding carboxylic acids is 3. The number of rotatable bonds is 5. The molecule has 0 aliphatic carbocycles. The molecule has 0 bridgehead atoms. The SMILES string of the molecule is CC(=O)N1CCN(C(=O)COc2ccc3c(c2)C(c2cccc(C)c2)N(C(=O)c2ccco2)CC3)CC1. The third-order valence-corrected chi connectivity index (χ3v) is 7.14. The quantitative estimate of drug-likeness (QED) is 0.535. The lowest BCUT2D eigenvalue weighted by Gasteiger charge is -2.37. The van der Waals surface area contributed by atoms with Crippen molar-refractivity contribution in [3.8, 4) is 5.75 Å². The Morgan fingerprint density at radius 3 is 2.43 bits per heavy atom. The predicted molar refractivity (Wildman–Crippen MR) is 137 cm³/mol. The molecule has 2 aliphatic heterocycles. The Bertz CT molecular complexity index is 1290. The fraction of sp³-hybridized carbons (Fsp3) is 0.345. The van der Waals surface area contributed by atoms with Gasteiger partial charge in [-0.05, 0) is 54.3 Å². The van der Waals surface area contributed by atoms with Crippen LogP contribution in [0.15, 0.2) is 65.3 Å². The van der Waals surface area contributed by atoms with E-state index < -0.39 is 0 Å². The first-order valence-corrected chi connectivity index (χ1v) is 12.6. The van der Waals surface area contributed by atoms with E-state index in [2.05, 4.69) is 6.07 Å². The molecule has 3 heterocycles. The van der Waals surface area contributed by atoms with Crippen molar-refractivity contribution in [2.75, 3.05) is 39.3 Å². The summed E-state index contributed by atoms with van der Waals surface area (Å²) >= 11 is 0. The fourth-order valence-electron chi connectivity index (χ4n) is 5.15. The smallest absolute Gasteiger partial charge is 0.290 e. The molecule has 5 rings (SSSR count). The summed E-state index contributed by atoms with van der Waals surface area (Å²) in [6, 6.07) is 17.1. The summed E-state index contributed by atoms with van der Waals surface area (Å²) < 4.78 is 11.4. The van der Waals surface area contributed by atoms with Gasteiger partial charge in [-0.1, -0.05) is 35.9 Å². The van der Waals surface area contributed by atoms with Crippen molar-refractivity contribution in [1.82, 2.24) is 14.7 Å². The molecule has 1 saturated heterocycles. The van der Waals surface area contributed by atoms with Gasteiger partial charge in [0, 0.05) is 39.6 Å². The minimum Gasteiger partial charge on any atom is -0.484 e. The number of benzene rings is 2. The summed E-state index contributed by atoms with van der Waals surface area (Å²) in [6.45, 7) is 6.15. The molecule has 1 aromatic heterocycles. The van der Waals surface area contributed by atoms with Crippen LogP contribution in [0.5, 0.6) is 5.75 Å². The number of hydrogen-bond donors (Lipinski definition) is 0. The van der Waals surface area contributed by atoms with E-state index in [1.807, 2.05) is 48.2 Å². The number of amides is 3. The van der Waals surface area contributed by atoms with Gasteiger partial charge in [-0.15, -0.1) is 0 Å². The molecular formula is C29H31N3O5. The Morgan fingerprint density at radius 1 is 0.946 bits per heavy atom. The van der Waals surface area contributed by atoms with Gasteiger partial charge in [0.05, 0.1) is 12.3 Å². The molecule has 2 aromatic carbocycles. The molecule has 3 amide bonds. The molecule has 1 atom stereocenters. The monoisotopic (exact) mass is 501 g/mol. The van der Waals surface area contributed by atoms with Crippen molar-refractivity contribution in [3.63, 3.8) is 0 Å². The van der Waals surface area contributed by atoms with E-state index in [-0.39, 0.29) is 30.4 Å². The Balaban J connectivity index is 1.37. The number of furan rings is 1. The first kappa shape index (κ1) is 24.6. The number of carbonyl (C=O) groups is 3. The summed E-state index contributed by atoms with van der Waals surface area (Å²) in [4.78, 5) is 43.0. The molecule has 192 valence electrons. The van der Waals surface area contributed by atoms with Crippen LogP contribution in [-0.2, 0) is 16.0 Å². The van der Waals surface area contributed by atoms with E-state index in [1.54, 1.807) is 28.9 Å². The molecule has 37 heavy (non-hydrogen) atoms.